The monoisotopic (exact) mass is 246 g/mol. The third-order valence-electron chi connectivity index (χ3n) is 4.48. The van der Waals surface area contributed by atoms with Crippen molar-refractivity contribution in [2.75, 3.05) is 6.61 Å². The van der Waals surface area contributed by atoms with Crippen molar-refractivity contribution in [2.45, 2.75) is 58.3 Å². The van der Waals surface area contributed by atoms with Gasteiger partial charge < -0.3 is 5.11 Å². The molecule has 1 aliphatic carbocycles. The number of aliphatic hydroxyl groups excluding tert-OH is 1. The van der Waals surface area contributed by atoms with E-state index in [1.807, 2.05) is 0 Å². The molecule has 0 amide bonds. The minimum absolute atomic E-state index is 0.164. The van der Waals surface area contributed by atoms with Crippen molar-refractivity contribution in [1.29, 1.82) is 0 Å². The number of hydrogen-bond donors (Lipinski definition) is 1. The fourth-order valence-corrected chi connectivity index (χ4v) is 3.15. The lowest BCUT2D eigenvalue weighted by atomic mass is 9.71. The van der Waals surface area contributed by atoms with Crippen molar-refractivity contribution in [2.24, 2.45) is 5.41 Å². The third kappa shape index (κ3) is 3.14. The second-order valence-corrected chi connectivity index (χ2v) is 6.29. The highest BCUT2D eigenvalue weighted by Crippen LogP contribution is 2.38. The lowest BCUT2D eigenvalue weighted by Crippen LogP contribution is -2.30. The molecule has 100 valence electrons. The minimum atomic E-state index is 0.164. The summed E-state index contributed by atoms with van der Waals surface area (Å²) in [6, 6.07) is 8.99. The van der Waals surface area contributed by atoms with Crippen molar-refractivity contribution in [1.82, 2.24) is 0 Å². The fourth-order valence-electron chi connectivity index (χ4n) is 3.15. The Hall–Kier alpha value is -0.820. The molecule has 0 spiro atoms. The summed E-state index contributed by atoms with van der Waals surface area (Å²) in [6.45, 7) is 4.80. The number of rotatable bonds is 4. The lowest BCUT2D eigenvalue weighted by molar-refractivity contribution is 0.0823. The highest BCUT2D eigenvalue weighted by molar-refractivity contribution is 5.25. The molecule has 2 rings (SSSR count). The van der Waals surface area contributed by atoms with E-state index in [2.05, 4.69) is 38.1 Å². The van der Waals surface area contributed by atoms with Gasteiger partial charge in [0, 0.05) is 6.61 Å². The highest BCUT2D eigenvalue weighted by Gasteiger charge is 2.31. The van der Waals surface area contributed by atoms with Crippen molar-refractivity contribution in [3.05, 3.63) is 35.4 Å². The van der Waals surface area contributed by atoms with E-state index in [0.29, 0.717) is 12.5 Å². The molecular formula is C17H26O. The Bertz CT molecular complexity index is 358. The topological polar surface area (TPSA) is 20.2 Å². The molecule has 1 aliphatic rings. The van der Waals surface area contributed by atoms with E-state index in [1.54, 1.807) is 0 Å². The van der Waals surface area contributed by atoms with Gasteiger partial charge in [0.1, 0.15) is 0 Å². The Morgan fingerprint density at radius 2 is 1.67 bits per heavy atom. The minimum Gasteiger partial charge on any atom is -0.396 e. The van der Waals surface area contributed by atoms with E-state index < -0.39 is 0 Å². The molecule has 0 aliphatic heterocycles. The first-order valence-corrected chi connectivity index (χ1v) is 7.35. The summed E-state index contributed by atoms with van der Waals surface area (Å²) in [7, 11) is 0. The highest BCUT2D eigenvalue weighted by atomic mass is 16.3. The molecule has 0 radical (unpaired) electrons. The van der Waals surface area contributed by atoms with Gasteiger partial charge in [0.15, 0.2) is 0 Å². The summed E-state index contributed by atoms with van der Waals surface area (Å²) in [6.07, 6.45) is 7.33. The van der Waals surface area contributed by atoms with E-state index in [1.165, 1.54) is 43.2 Å². The van der Waals surface area contributed by atoms with E-state index in [9.17, 15) is 5.11 Å². The van der Waals surface area contributed by atoms with Crippen LogP contribution in [0.15, 0.2) is 24.3 Å². The zero-order valence-electron chi connectivity index (χ0n) is 11.8. The Balaban J connectivity index is 2.07. The van der Waals surface area contributed by atoms with E-state index in [0.717, 1.165) is 6.42 Å². The van der Waals surface area contributed by atoms with Gasteiger partial charge in [0.2, 0.25) is 0 Å². The van der Waals surface area contributed by atoms with Crippen molar-refractivity contribution in [3.63, 3.8) is 0 Å². The van der Waals surface area contributed by atoms with Crippen LogP contribution >= 0.6 is 0 Å². The van der Waals surface area contributed by atoms with Crippen LogP contribution in [0.2, 0.25) is 0 Å². The fraction of sp³-hybridized carbons (Fsp3) is 0.647. The molecule has 1 fully saturated rings. The van der Waals surface area contributed by atoms with Crippen molar-refractivity contribution in [3.8, 4) is 0 Å². The Labute approximate surface area is 111 Å². The molecule has 0 heterocycles. The van der Waals surface area contributed by atoms with Crippen LogP contribution in [-0.2, 0) is 6.42 Å². The van der Waals surface area contributed by atoms with Crippen LogP contribution in [-0.4, -0.2) is 11.7 Å². The molecule has 18 heavy (non-hydrogen) atoms. The zero-order chi connectivity index (χ0) is 13.0. The molecule has 1 saturated carbocycles. The average molecular weight is 246 g/mol. The zero-order valence-corrected chi connectivity index (χ0v) is 11.8. The predicted molar refractivity (Wildman–Crippen MR) is 76.8 cm³/mol. The van der Waals surface area contributed by atoms with Gasteiger partial charge in [-0.15, -0.1) is 0 Å². The number of aliphatic hydroxyl groups is 1. The summed E-state index contributed by atoms with van der Waals surface area (Å²) in [4.78, 5) is 0. The number of hydrogen-bond acceptors (Lipinski definition) is 1. The first-order valence-electron chi connectivity index (χ1n) is 7.35. The molecule has 0 atom stereocenters. The summed E-state index contributed by atoms with van der Waals surface area (Å²) in [5.41, 5.74) is 2.95. The van der Waals surface area contributed by atoms with Crippen LogP contribution in [0.4, 0.5) is 0 Å². The molecule has 0 bridgehead atoms. The normalized spacial score (nSPS) is 19.1. The molecule has 1 aromatic rings. The second kappa shape index (κ2) is 5.88. The smallest absolute Gasteiger partial charge is 0.0490 e. The SMILES string of the molecule is CC(C)c1ccc(CC2(CO)CCCCC2)cc1. The summed E-state index contributed by atoms with van der Waals surface area (Å²) in [5.74, 6) is 0.598. The van der Waals surface area contributed by atoms with Gasteiger partial charge in [-0.2, -0.15) is 0 Å². The van der Waals surface area contributed by atoms with E-state index in [4.69, 9.17) is 0 Å². The molecular weight excluding hydrogens is 220 g/mol. The first-order chi connectivity index (χ1) is 8.65. The average Bonchev–Trinajstić information content (AvgIpc) is 2.40. The Morgan fingerprint density at radius 3 is 2.17 bits per heavy atom. The largest absolute Gasteiger partial charge is 0.396 e. The number of benzene rings is 1. The van der Waals surface area contributed by atoms with Gasteiger partial charge in [-0.25, -0.2) is 0 Å². The van der Waals surface area contributed by atoms with Gasteiger partial charge in [0.05, 0.1) is 0 Å². The van der Waals surface area contributed by atoms with Gasteiger partial charge in [-0.1, -0.05) is 57.4 Å². The van der Waals surface area contributed by atoms with Gasteiger partial charge in [0.25, 0.3) is 0 Å². The van der Waals surface area contributed by atoms with Crippen LogP contribution in [0, 0.1) is 5.41 Å². The van der Waals surface area contributed by atoms with Crippen LogP contribution in [0.25, 0.3) is 0 Å². The Morgan fingerprint density at radius 1 is 1.06 bits per heavy atom. The first kappa shape index (κ1) is 13.6. The second-order valence-electron chi connectivity index (χ2n) is 6.29. The van der Waals surface area contributed by atoms with Crippen LogP contribution < -0.4 is 0 Å². The van der Waals surface area contributed by atoms with Gasteiger partial charge in [-0.3, -0.25) is 0 Å². The summed E-state index contributed by atoms with van der Waals surface area (Å²) >= 11 is 0. The maximum atomic E-state index is 9.75. The molecule has 1 heteroatoms. The maximum Gasteiger partial charge on any atom is 0.0490 e. The molecule has 1 N–H and O–H groups in total. The standard InChI is InChI=1S/C17H26O/c1-14(2)16-8-6-15(7-9-16)12-17(13-18)10-4-3-5-11-17/h6-9,14,18H,3-5,10-13H2,1-2H3. The van der Waals surface area contributed by atoms with Gasteiger partial charge >= 0.3 is 0 Å². The van der Waals surface area contributed by atoms with Crippen molar-refractivity contribution >= 4 is 0 Å². The molecule has 0 aromatic heterocycles. The van der Waals surface area contributed by atoms with E-state index in [-0.39, 0.29) is 5.41 Å². The Kier molecular flexibility index (Phi) is 4.45. The van der Waals surface area contributed by atoms with Crippen molar-refractivity contribution < 1.29 is 5.11 Å². The molecule has 1 nitrogen and oxygen atoms in total. The summed E-state index contributed by atoms with van der Waals surface area (Å²) < 4.78 is 0. The van der Waals surface area contributed by atoms with Crippen LogP contribution in [0.1, 0.15) is 63.0 Å². The third-order valence-corrected chi connectivity index (χ3v) is 4.48. The van der Waals surface area contributed by atoms with Crippen LogP contribution in [0.3, 0.4) is 0 Å². The van der Waals surface area contributed by atoms with Gasteiger partial charge in [-0.05, 0) is 41.7 Å². The lowest BCUT2D eigenvalue weighted by Gasteiger charge is -2.35. The molecule has 0 saturated heterocycles. The predicted octanol–water partition coefficient (Wildman–Crippen LogP) is 4.30. The molecule has 0 unspecified atom stereocenters. The summed E-state index contributed by atoms with van der Waals surface area (Å²) in [5, 5.41) is 9.75. The maximum absolute atomic E-state index is 9.75. The quantitative estimate of drug-likeness (QED) is 0.840. The van der Waals surface area contributed by atoms with E-state index >= 15 is 0 Å². The molecule has 1 aromatic carbocycles. The van der Waals surface area contributed by atoms with Crippen LogP contribution in [0.5, 0.6) is 0 Å².